The Morgan fingerprint density at radius 1 is 1.04 bits per heavy atom. The average Bonchev–Trinajstić information content (AvgIpc) is 3.33. The van der Waals surface area contributed by atoms with E-state index in [1.54, 1.807) is 23.1 Å². The number of anilines is 3. The summed E-state index contributed by atoms with van der Waals surface area (Å²) in [5, 5.41) is 16.7. The van der Waals surface area contributed by atoms with Crippen LogP contribution in [0.4, 0.5) is 17.3 Å². The molecule has 1 aliphatic rings. The minimum absolute atomic E-state index is 0.548. The number of nitriles is 1. The fourth-order valence-corrected chi connectivity index (χ4v) is 3.26. The van der Waals surface area contributed by atoms with Crippen LogP contribution in [-0.2, 0) is 0 Å². The normalized spacial score (nSPS) is 13.6. The standard InChI is InChI=1S/C20H20N6/c1-15-10-17(12-19(11-15)25-8-2-3-9-25)23-20-22-14-26(24-20)18-6-4-16(13-21)5-7-18/h4-7,10-12,14H,2-3,8-9H2,1H3,(H,23,24). The quantitative estimate of drug-likeness (QED) is 0.780. The van der Waals surface area contributed by atoms with Gasteiger partial charge in [0.1, 0.15) is 6.33 Å². The lowest BCUT2D eigenvalue weighted by Gasteiger charge is -2.19. The van der Waals surface area contributed by atoms with E-state index < -0.39 is 0 Å². The van der Waals surface area contributed by atoms with Crippen LogP contribution < -0.4 is 10.2 Å². The van der Waals surface area contributed by atoms with Crippen molar-refractivity contribution in [1.29, 1.82) is 5.26 Å². The Kier molecular flexibility index (Phi) is 4.28. The van der Waals surface area contributed by atoms with Crippen molar-refractivity contribution in [3.63, 3.8) is 0 Å². The SMILES string of the molecule is Cc1cc(Nc2ncn(-c3ccc(C#N)cc3)n2)cc(N2CCCC2)c1. The van der Waals surface area contributed by atoms with Gasteiger partial charge in [-0.25, -0.2) is 4.68 Å². The average molecular weight is 344 g/mol. The van der Waals surface area contributed by atoms with Gasteiger partial charge in [-0.3, -0.25) is 0 Å². The number of hydrogen-bond acceptors (Lipinski definition) is 5. The molecule has 1 fully saturated rings. The van der Waals surface area contributed by atoms with Crippen LogP contribution in [0.2, 0.25) is 0 Å². The first-order valence-electron chi connectivity index (χ1n) is 8.77. The van der Waals surface area contributed by atoms with Gasteiger partial charge in [0, 0.05) is 24.5 Å². The van der Waals surface area contributed by atoms with Gasteiger partial charge < -0.3 is 10.2 Å². The number of rotatable bonds is 4. The van der Waals surface area contributed by atoms with E-state index >= 15 is 0 Å². The fraction of sp³-hybridized carbons (Fsp3) is 0.250. The fourth-order valence-electron chi connectivity index (χ4n) is 3.26. The summed E-state index contributed by atoms with van der Waals surface area (Å²) in [7, 11) is 0. The first-order valence-corrected chi connectivity index (χ1v) is 8.77. The molecule has 2 heterocycles. The molecule has 0 unspecified atom stereocenters. The van der Waals surface area contributed by atoms with Crippen LogP contribution in [-0.4, -0.2) is 27.9 Å². The number of aryl methyl sites for hydroxylation is 1. The van der Waals surface area contributed by atoms with E-state index in [2.05, 4.69) is 51.5 Å². The summed E-state index contributed by atoms with van der Waals surface area (Å²) in [6, 6.07) is 15.8. The van der Waals surface area contributed by atoms with Gasteiger partial charge in [0.05, 0.1) is 17.3 Å². The Bertz CT molecular complexity index is 945. The molecule has 0 saturated carbocycles. The highest BCUT2D eigenvalue weighted by molar-refractivity contribution is 5.64. The molecule has 0 radical (unpaired) electrons. The summed E-state index contributed by atoms with van der Waals surface area (Å²) >= 11 is 0. The van der Waals surface area contributed by atoms with E-state index in [9.17, 15) is 0 Å². The van der Waals surface area contributed by atoms with Crippen LogP contribution in [0, 0.1) is 18.3 Å². The summed E-state index contributed by atoms with van der Waals surface area (Å²) < 4.78 is 1.70. The van der Waals surface area contributed by atoms with Gasteiger partial charge in [0.2, 0.25) is 5.95 Å². The molecule has 1 aromatic heterocycles. The van der Waals surface area contributed by atoms with Crippen LogP contribution in [0.1, 0.15) is 24.0 Å². The molecule has 3 aromatic rings. The Labute approximate surface area is 152 Å². The van der Waals surface area contributed by atoms with E-state index in [0.717, 1.165) is 24.5 Å². The van der Waals surface area contributed by atoms with Crippen LogP contribution in [0.5, 0.6) is 0 Å². The van der Waals surface area contributed by atoms with Crippen LogP contribution in [0.3, 0.4) is 0 Å². The lowest BCUT2D eigenvalue weighted by atomic mass is 10.2. The largest absolute Gasteiger partial charge is 0.371 e. The van der Waals surface area contributed by atoms with Gasteiger partial charge in [-0.2, -0.15) is 10.2 Å². The molecular formula is C20H20N6. The second-order valence-electron chi connectivity index (χ2n) is 6.55. The molecule has 4 rings (SSSR count). The molecule has 0 bridgehead atoms. The summed E-state index contributed by atoms with van der Waals surface area (Å²) in [5.41, 5.74) is 4.94. The number of hydrogen-bond donors (Lipinski definition) is 1. The third-order valence-corrected chi connectivity index (χ3v) is 4.54. The Morgan fingerprint density at radius 2 is 1.81 bits per heavy atom. The summed E-state index contributed by atoms with van der Waals surface area (Å²) in [5.74, 6) is 0.548. The van der Waals surface area contributed by atoms with Crippen LogP contribution >= 0.6 is 0 Å². The smallest absolute Gasteiger partial charge is 0.246 e. The van der Waals surface area contributed by atoms with E-state index in [0.29, 0.717) is 11.5 Å². The van der Waals surface area contributed by atoms with Crippen molar-refractivity contribution in [1.82, 2.24) is 14.8 Å². The van der Waals surface area contributed by atoms with Gasteiger partial charge in [0.15, 0.2) is 0 Å². The first kappa shape index (κ1) is 16.2. The summed E-state index contributed by atoms with van der Waals surface area (Å²) in [6.45, 7) is 4.34. The number of nitrogens with zero attached hydrogens (tertiary/aromatic N) is 5. The monoisotopic (exact) mass is 344 g/mol. The molecule has 6 nitrogen and oxygen atoms in total. The van der Waals surface area contributed by atoms with Gasteiger partial charge >= 0.3 is 0 Å². The van der Waals surface area contributed by atoms with Gasteiger partial charge in [-0.05, 0) is 67.8 Å². The molecule has 26 heavy (non-hydrogen) atoms. The van der Waals surface area contributed by atoms with E-state index in [1.807, 2.05) is 12.1 Å². The second-order valence-corrected chi connectivity index (χ2v) is 6.55. The minimum Gasteiger partial charge on any atom is -0.371 e. The summed E-state index contributed by atoms with van der Waals surface area (Å²) in [6.07, 6.45) is 4.18. The molecule has 130 valence electrons. The lowest BCUT2D eigenvalue weighted by Crippen LogP contribution is -2.17. The third kappa shape index (κ3) is 3.38. The molecule has 0 aliphatic carbocycles. The molecule has 0 amide bonds. The topological polar surface area (TPSA) is 69.8 Å². The van der Waals surface area contributed by atoms with E-state index in [1.165, 1.54) is 24.1 Å². The predicted molar refractivity (Wildman–Crippen MR) is 102 cm³/mol. The maximum Gasteiger partial charge on any atom is 0.246 e. The molecule has 1 saturated heterocycles. The molecule has 2 aromatic carbocycles. The molecular weight excluding hydrogens is 324 g/mol. The molecule has 1 N–H and O–H groups in total. The Balaban J connectivity index is 1.54. The van der Waals surface area contributed by atoms with Crippen molar-refractivity contribution in [2.75, 3.05) is 23.3 Å². The van der Waals surface area contributed by atoms with Gasteiger partial charge in [-0.1, -0.05) is 0 Å². The van der Waals surface area contributed by atoms with Crippen molar-refractivity contribution < 1.29 is 0 Å². The zero-order chi connectivity index (χ0) is 17.9. The highest BCUT2D eigenvalue weighted by Crippen LogP contribution is 2.26. The zero-order valence-corrected chi connectivity index (χ0v) is 14.7. The molecule has 6 heteroatoms. The summed E-state index contributed by atoms with van der Waals surface area (Å²) in [4.78, 5) is 6.77. The zero-order valence-electron chi connectivity index (χ0n) is 14.7. The van der Waals surface area contributed by atoms with E-state index in [4.69, 9.17) is 5.26 Å². The van der Waals surface area contributed by atoms with Gasteiger partial charge in [0.25, 0.3) is 0 Å². The van der Waals surface area contributed by atoms with Crippen LogP contribution in [0.15, 0.2) is 48.8 Å². The Hall–Kier alpha value is -3.33. The molecule has 0 spiro atoms. The molecule has 1 aliphatic heterocycles. The van der Waals surface area contributed by atoms with Gasteiger partial charge in [-0.15, -0.1) is 5.10 Å². The number of benzene rings is 2. The van der Waals surface area contributed by atoms with Crippen molar-refractivity contribution in [2.45, 2.75) is 19.8 Å². The maximum atomic E-state index is 8.89. The second kappa shape index (κ2) is 6.89. The number of nitrogens with one attached hydrogen (secondary N) is 1. The first-order chi connectivity index (χ1) is 12.7. The van der Waals surface area contributed by atoms with E-state index in [-0.39, 0.29) is 0 Å². The van der Waals surface area contributed by atoms with Crippen molar-refractivity contribution in [2.24, 2.45) is 0 Å². The van der Waals surface area contributed by atoms with Crippen LogP contribution in [0.25, 0.3) is 5.69 Å². The third-order valence-electron chi connectivity index (χ3n) is 4.54. The molecule has 0 atom stereocenters. The Morgan fingerprint density at radius 3 is 2.54 bits per heavy atom. The van der Waals surface area contributed by atoms with Crippen molar-refractivity contribution >= 4 is 17.3 Å². The highest BCUT2D eigenvalue weighted by atomic mass is 15.4. The lowest BCUT2D eigenvalue weighted by molar-refractivity contribution is 0.882. The predicted octanol–water partition coefficient (Wildman–Crippen LogP) is 3.79. The minimum atomic E-state index is 0.548. The maximum absolute atomic E-state index is 8.89. The van der Waals surface area contributed by atoms with Crippen molar-refractivity contribution in [3.8, 4) is 11.8 Å². The van der Waals surface area contributed by atoms with Crippen molar-refractivity contribution in [3.05, 3.63) is 59.9 Å². The number of aromatic nitrogens is 3. The highest BCUT2D eigenvalue weighted by Gasteiger charge is 2.13.